The summed E-state index contributed by atoms with van der Waals surface area (Å²) in [5.74, 6) is 0.158. The average molecular weight is 321 g/mol. The standard InChI is InChI=1S/C17H27N3O3/c1-2-14(18)12-20-11-7-8-15(17(20)22)23-13-16(21)19-9-5-3-4-6-10-19/h7-8,11,14H,2-6,9-10,12-13,18H2,1H3. The normalized spacial score (nSPS) is 16.7. The van der Waals surface area contributed by atoms with E-state index in [1.165, 1.54) is 12.8 Å². The first-order valence-electron chi connectivity index (χ1n) is 8.47. The van der Waals surface area contributed by atoms with Crippen LogP contribution in [0.5, 0.6) is 5.75 Å². The molecule has 0 aromatic carbocycles. The van der Waals surface area contributed by atoms with Crippen LogP contribution in [0, 0.1) is 0 Å². The maximum absolute atomic E-state index is 12.3. The Labute approximate surface area is 137 Å². The third-order valence-electron chi connectivity index (χ3n) is 4.25. The van der Waals surface area contributed by atoms with Gasteiger partial charge in [-0.2, -0.15) is 0 Å². The number of carbonyl (C=O) groups is 1. The van der Waals surface area contributed by atoms with Gasteiger partial charge in [0.1, 0.15) is 0 Å². The molecule has 1 atom stereocenters. The molecule has 1 aromatic rings. The lowest BCUT2D eigenvalue weighted by molar-refractivity contribution is -0.133. The molecule has 2 rings (SSSR count). The van der Waals surface area contributed by atoms with Crippen molar-refractivity contribution in [3.05, 3.63) is 28.7 Å². The molecule has 6 heteroatoms. The van der Waals surface area contributed by atoms with Crippen molar-refractivity contribution in [1.82, 2.24) is 9.47 Å². The number of ether oxygens (including phenoxy) is 1. The second-order valence-electron chi connectivity index (χ2n) is 6.08. The lowest BCUT2D eigenvalue weighted by atomic mass is 10.2. The van der Waals surface area contributed by atoms with Gasteiger partial charge in [-0.3, -0.25) is 9.59 Å². The lowest BCUT2D eigenvalue weighted by Gasteiger charge is -2.20. The van der Waals surface area contributed by atoms with Gasteiger partial charge in [0.05, 0.1) is 0 Å². The van der Waals surface area contributed by atoms with Gasteiger partial charge in [-0.1, -0.05) is 19.8 Å². The molecule has 128 valence electrons. The first kappa shape index (κ1) is 17.5. The summed E-state index contributed by atoms with van der Waals surface area (Å²) in [5, 5.41) is 0. The van der Waals surface area contributed by atoms with Crippen LogP contribution in [0.3, 0.4) is 0 Å². The van der Waals surface area contributed by atoms with Crippen LogP contribution in [0.25, 0.3) is 0 Å². The van der Waals surface area contributed by atoms with Gasteiger partial charge in [0, 0.05) is 31.9 Å². The lowest BCUT2D eigenvalue weighted by Crippen LogP contribution is -2.36. The summed E-state index contributed by atoms with van der Waals surface area (Å²) in [6, 6.07) is 3.28. The Bertz CT molecular complexity index is 562. The highest BCUT2D eigenvalue weighted by atomic mass is 16.5. The fraction of sp³-hybridized carbons (Fsp3) is 0.647. The first-order valence-corrected chi connectivity index (χ1v) is 8.47. The summed E-state index contributed by atoms with van der Waals surface area (Å²) in [6.45, 7) is 3.92. The Morgan fingerprint density at radius 1 is 1.30 bits per heavy atom. The van der Waals surface area contributed by atoms with Gasteiger partial charge < -0.3 is 19.9 Å². The van der Waals surface area contributed by atoms with Crippen molar-refractivity contribution in [3.63, 3.8) is 0 Å². The van der Waals surface area contributed by atoms with Crippen LogP contribution < -0.4 is 16.0 Å². The van der Waals surface area contributed by atoms with Crippen LogP contribution in [0.1, 0.15) is 39.0 Å². The predicted octanol–water partition coefficient (Wildman–Crippen LogP) is 1.37. The molecule has 6 nitrogen and oxygen atoms in total. The van der Waals surface area contributed by atoms with Crippen molar-refractivity contribution in [2.24, 2.45) is 5.73 Å². The van der Waals surface area contributed by atoms with E-state index in [9.17, 15) is 9.59 Å². The highest BCUT2D eigenvalue weighted by Gasteiger charge is 2.17. The monoisotopic (exact) mass is 321 g/mol. The first-order chi connectivity index (χ1) is 11.1. The van der Waals surface area contributed by atoms with Gasteiger partial charge in [-0.05, 0) is 31.4 Å². The van der Waals surface area contributed by atoms with Gasteiger partial charge in [0.2, 0.25) is 0 Å². The Morgan fingerprint density at radius 2 is 2.00 bits per heavy atom. The van der Waals surface area contributed by atoms with Crippen LogP contribution in [-0.4, -0.2) is 41.1 Å². The van der Waals surface area contributed by atoms with E-state index in [2.05, 4.69) is 0 Å². The van der Waals surface area contributed by atoms with E-state index >= 15 is 0 Å². The number of aromatic nitrogens is 1. The third kappa shape index (κ3) is 5.10. The number of hydrogen-bond donors (Lipinski definition) is 1. The van der Waals surface area contributed by atoms with E-state index in [-0.39, 0.29) is 29.9 Å². The summed E-state index contributed by atoms with van der Waals surface area (Å²) >= 11 is 0. The van der Waals surface area contributed by atoms with Gasteiger partial charge in [-0.15, -0.1) is 0 Å². The zero-order valence-electron chi connectivity index (χ0n) is 13.9. The van der Waals surface area contributed by atoms with Gasteiger partial charge in [0.25, 0.3) is 11.5 Å². The van der Waals surface area contributed by atoms with Crippen molar-refractivity contribution in [1.29, 1.82) is 0 Å². The number of pyridine rings is 1. The molecule has 1 saturated heterocycles. The minimum atomic E-state index is -0.236. The van der Waals surface area contributed by atoms with E-state index in [4.69, 9.17) is 10.5 Å². The maximum Gasteiger partial charge on any atom is 0.292 e. The molecule has 0 bridgehead atoms. The fourth-order valence-corrected chi connectivity index (χ4v) is 2.70. The highest BCUT2D eigenvalue weighted by molar-refractivity contribution is 5.77. The van der Waals surface area contributed by atoms with Gasteiger partial charge in [0.15, 0.2) is 12.4 Å². The van der Waals surface area contributed by atoms with E-state index in [0.717, 1.165) is 32.4 Å². The largest absolute Gasteiger partial charge is 0.478 e. The molecule has 2 N–H and O–H groups in total. The van der Waals surface area contributed by atoms with E-state index < -0.39 is 0 Å². The molecule has 1 aliphatic heterocycles. The Kier molecular flexibility index (Phi) is 6.65. The molecule has 0 radical (unpaired) electrons. The number of likely N-dealkylation sites (tertiary alicyclic amines) is 1. The van der Waals surface area contributed by atoms with Crippen LogP contribution in [0.15, 0.2) is 23.1 Å². The molecular weight excluding hydrogens is 294 g/mol. The van der Waals surface area contributed by atoms with Crippen LogP contribution in [0.4, 0.5) is 0 Å². The molecule has 23 heavy (non-hydrogen) atoms. The molecule has 2 heterocycles. The predicted molar refractivity (Wildman–Crippen MR) is 89.5 cm³/mol. The molecule has 1 fully saturated rings. The molecule has 0 aliphatic carbocycles. The number of nitrogens with zero attached hydrogens (tertiary/aromatic N) is 2. The van der Waals surface area contributed by atoms with Crippen molar-refractivity contribution in [2.45, 2.75) is 51.6 Å². The summed E-state index contributed by atoms with van der Waals surface area (Å²) in [4.78, 5) is 26.4. The van der Waals surface area contributed by atoms with E-state index in [1.807, 2.05) is 11.8 Å². The summed E-state index contributed by atoms with van der Waals surface area (Å²) < 4.78 is 7.02. The molecule has 0 saturated carbocycles. The van der Waals surface area contributed by atoms with E-state index in [0.29, 0.717) is 6.54 Å². The van der Waals surface area contributed by atoms with E-state index in [1.54, 1.807) is 22.9 Å². The van der Waals surface area contributed by atoms with Gasteiger partial charge >= 0.3 is 0 Å². The van der Waals surface area contributed by atoms with Crippen molar-refractivity contribution < 1.29 is 9.53 Å². The Morgan fingerprint density at radius 3 is 2.65 bits per heavy atom. The third-order valence-corrected chi connectivity index (χ3v) is 4.25. The summed E-state index contributed by atoms with van der Waals surface area (Å²) in [5.41, 5.74) is 5.66. The number of nitrogens with two attached hydrogens (primary N) is 1. The van der Waals surface area contributed by atoms with Gasteiger partial charge in [-0.25, -0.2) is 0 Å². The molecule has 1 aromatic heterocycles. The molecule has 0 spiro atoms. The van der Waals surface area contributed by atoms with Crippen molar-refractivity contribution >= 4 is 5.91 Å². The number of hydrogen-bond acceptors (Lipinski definition) is 4. The molecule has 1 aliphatic rings. The molecule has 1 unspecified atom stereocenters. The molecule has 1 amide bonds. The second kappa shape index (κ2) is 8.72. The summed E-state index contributed by atoms with van der Waals surface area (Å²) in [6.07, 6.45) is 6.92. The number of rotatable bonds is 6. The average Bonchev–Trinajstić information content (AvgIpc) is 2.84. The minimum absolute atomic E-state index is 0.0491. The Hall–Kier alpha value is -1.82. The Balaban J connectivity index is 1.96. The minimum Gasteiger partial charge on any atom is -0.478 e. The highest BCUT2D eigenvalue weighted by Crippen LogP contribution is 2.10. The second-order valence-corrected chi connectivity index (χ2v) is 6.08. The SMILES string of the molecule is CCC(N)Cn1cccc(OCC(=O)N2CCCCCC2)c1=O. The van der Waals surface area contributed by atoms with Crippen molar-refractivity contribution in [2.75, 3.05) is 19.7 Å². The number of amides is 1. The topological polar surface area (TPSA) is 77.6 Å². The maximum atomic E-state index is 12.3. The van der Waals surface area contributed by atoms with Crippen LogP contribution in [-0.2, 0) is 11.3 Å². The van der Waals surface area contributed by atoms with Crippen molar-refractivity contribution in [3.8, 4) is 5.75 Å². The summed E-state index contributed by atoms with van der Waals surface area (Å²) in [7, 11) is 0. The fourth-order valence-electron chi connectivity index (χ4n) is 2.70. The van der Waals surface area contributed by atoms with Crippen LogP contribution >= 0.6 is 0 Å². The zero-order valence-corrected chi connectivity index (χ0v) is 13.9. The quantitative estimate of drug-likeness (QED) is 0.858. The molecular formula is C17H27N3O3. The smallest absolute Gasteiger partial charge is 0.292 e. The van der Waals surface area contributed by atoms with Crippen LogP contribution in [0.2, 0.25) is 0 Å². The zero-order chi connectivity index (χ0) is 16.7. The number of carbonyl (C=O) groups excluding carboxylic acids is 1.